The number of halogens is 1. The van der Waals surface area contributed by atoms with Crippen LogP contribution in [0.25, 0.3) is 0 Å². The first-order valence-electron chi connectivity index (χ1n) is 13.8. The predicted molar refractivity (Wildman–Crippen MR) is 156 cm³/mol. The van der Waals surface area contributed by atoms with Crippen LogP contribution in [0.5, 0.6) is 5.75 Å². The van der Waals surface area contributed by atoms with Crippen LogP contribution >= 0.6 is 11.6 Å². The lowest BCUT2D eigenvalue weighted by Crippen LogP contribution is -2.44. The molecule has 3 aromatic rings. The maximum absolute atomic E-state index is 13.5. The SMILES string of the molecule is COn1c(NC(c2ccc(Cl)cc2)C2CC2)nc2c(c1=O)CN(C(=O)COc1c(C)c(C)c(C)c(C)c1C)CC2. The van der Waals surface area contributed by atoms with E-state index in [1.54, 1.807) is 4.90 Å². The number of ether oxygens (including phenoxy) is 1. The summed E-state index contributed by atoms with van der Waals surface area (Å²) in [5.41, 5.74) is 7.62. The molecule has 1 fully saturated rings. The Bertz CT molecular complexity index is 1480. The van der Waals surface area contributed by atoms with Gasteiger partial charge in [-0.1, -0.05) is 23.7 Å². The number of hydrogen-bond donors (Lipinski definition) is 1. The summed E-state index contributed by atoms with van der Waals surface area (Å²) >= 11 is 6.10. The van der Waals surface area contributed by atoms with Crippen molar-refractivity contribution in [1.29, 1.82) is 0 Å². The molecule has 1 N–H and O–H groups in total. The first-order chi connectivity index (χ1) is 19.1. The van der Waals surface area contributed by atoms with Gasteiger partial charge in [0.25, 0.3) is 11.5 Å². The Balaban J connectivity index is 1.34. The fourth-order valence-electron chi connectivity index (χ4n) is 5.55. The van der Waals surface area contributed by atoms with Gasteiger partial charge < -0.3 is 19.8 Å². The minimum atomic E-state index is -0.310. The van der Waals surface area contributed by atoms with Crippen molar-refractivity contribution >= 4 is 23.5 Å². The zero-order valence-corrected chi connectivity index (χ0v) is 24.8. The molecule has 9 heteroatoms. The summed E-state index contributed by atoms with van der Waals surface area (Å²) in [4.78, 5) is 38.7. The summed E-state index contributed by atoms with van der Waals surface area (Å²) in [6.07, 6.45) is 2.68. The smallest absolute Gasteiger partial charge is 0.293 e. The molecule has 1 saturated carbocycles. The van der Waals surface area contributed by atoms with Crippen molar-refractivity contribution in [2.24, 2.45) is 5.92 Å². The third-order valence-electron chi connectivity index (χ3n) is 8.61. The summed E-state index contributed by atoms with van der Waals surface area (Å²) in [5, 5.41) is 4.14. The molecule has 0 spiro atoms. The van der Waals surface area contributed by atoms with Gasteiger partial charge >= 0.3 is 0 Å². The minimum Gasteiger partial charge on any atom is -0.483 e. The Hall–Kier alpha value is -3.52. The van der Waals surface area contributed by atoms with Crippen molar-refractivity contribution in [1.82, 2.24) is 14.6 Å². The highest BCUT2D eigenvalue weighted by Gasteiger charge is 2.34. The minimum absolute atomic E-state index is 0.0107. The number of anilines is 1. The zero-order valence-electron chi connectivity index (χ0n) is 24.1. The normalized spacial score (nSPS) is 15.4. The molecular formula is C31H37ClN4O4. The number of amides is 1. The van der Waals surface area contributed by atoms with Crippen molar-refractivity contribution in [3.05, 3.63) is 84.3 Å². The summed E-state index contributed by atoms with van der Waals surface area (Å²) in [5.74, 6) is 1.41. The van der Waals surface area contributed by atoms with E-state index in [4.69, 9.17) is 26.2 Å². The van der Waals surface area contributed by atoms with Crippen LogP contribution in [0.4, 0.5) is 5.95 Å². The average Bonchev–Trinajstić information content (AvgIpc) is 3.79. The van der Waals surface area contributed by atoms with Gasteiger partial charge in [-0.25, -0.2) is 4.98 Å². The number of carbonyl (C=O) groups is 1. The first kappa shape index (κ1) is 28.0. The lowest BCUT2D eigenvalue weighted by atomic mass is 9.94. The standard InChI is InChI=1S/C31H37ClN4O4/c1-17-18(2)20(4)29(21(5)19(17)3)40-16-27(37)35-14-13-26-25(15-35)30(38)36(39-6)31(33-26)34-28(22-7-8-22)23-9-11-24(32)12-10-23/h9-12,22,28H,7-8,13-16H2,1-6H3,(H,33,34). The number of benzene rings is 2. The van der Waals surface area contributed by atoms with E-state index in [0.29, 0.717) is 41.1 Å². The third-order valence-corrected chi connectivity index (χ3v) is 8.86. The molecule has 1 unspecified atom stereocenters. The molecule has 1 amide bonds. The molecule has 2 heterocycles. The van der Waals surface area contributed by atoms with Crippen LogP contribution in [0.15, 0.2) is 29.1 Å². The van der Waals surface area contributed by atoms with Crippen molar-refractivity contribution in [2.45, 2.75) is 66.5 Å². The Morgan fingerprint density at radius 2 is 1.68 bits per heavy atom. The van der Waals surface area contributed by atoms with E-state index in [9.17, 15) is 9.59 Å². The van der Waals surface area contributed by atoms with Crippen LogP contribution < -0.4 is 20.5 Å². The van der Waals surface area contributed by atoms with Gasteiger partial charge in [-0.05, 0) is 98.9 Å². The van der Waals surface area contributed by atoms with Gasteiger partial charge in [0, 0.05) is 18.0 Å². The molecule has 2 aromatic carbocycles. The zero-order chi connectivity index (χ0) is 28.7. The van der Waals surface area contributed by atoms with Gasteiger partial charge in [0.2, 0.25) is 5.95 Å². The van der Waals surface area contributed by atoms with Crippen LogP contribution in [-0.2, 0) is 17.8 Å². The Morgan fingerprint density at radius 3 is 2.27 bits per heavy atom. The average molecular weight is 565 g/mol. The fourth-order valence-corrected chi connectivity index (χ4v) is 5.68. The highest BCUT2D eigenvalue weighted by Crippen LogP contribution is 2.43. The van der Waals surface area contributed by atoms with E-state index in [0.717, 1.165) is 35.3 Å². The second kappa shape index (κ2) is 11.2. The molecule has 1 aromatic heterocycles. The molecule has 2 aliphatic rings. The molecule has 212 valence electrons. The molecule has 0 saturated heterocycles. The third kappa shape index (κ3) is 5.29. The van der Waals surface area contributed by atoms with E-state index < -0.39 is 0 Å². The number of nitrogens with zero attached hydrogens (tertiary/aromatic N) is 3. The predicted octanol–water partition coefficient (Wildman–Crippen LogP) is 5.02. The highest BCUT2D eigenvalue weighted by atomic mass is 35.5. The molecule has 0 radical (unpaired) electrons. The van der Waals surface area contributed by atoms with Gasteiger partial charge in [0.15, 0.2) is 6.61 Å². The Labute approximate surface area is 240 Å². The Morgan fingerprint density at radius 1 is 1.05 bits per heavy atom. The van der Waals surface area contributed by atoms with Crippen molar-refractivity contribution < 1.29 is 14.4 Å². The van der Waals surface area contributed by atoms with E-state index in [2.05, 4.69) is 26.1 Å². The monoisotopic (exact) mass is 564 g/mol. The molecule has 40 heavy (non-hydrogen) atoms. The van der Waals surface area contributed by atoms with Crippen molar-refractivity contribution in [2.75, 3.05) is 25.6 Å². The van der Waals surface area contributed by atoms with Crippen LogP contribution in [0.3, 0.4) is 0 Å². The quantitative estimate of drug-likeness (QED) is 0.413. The van der Waals surface area contributed by atoms with Crippen LogP contribution in [0, 0.1) is 40.5 Å². The molecule has 8 nitrogen and oxygen atoms in total. The molecule has 5 rings (SSSR count). The van der Waals surface area contributed by atoms with Crippen molar-refractivity contribution in [3.8, 4) is 5.75 Å². The van der Waals surface area contributed by atoms with Crippen LogP contribution in [0.1, 0.15) is 63.5 Å². The van der Waals surface area contributed by atoms with Crippen molar-refractivity contribution in [3.63, 3.8) is 0 Å². The lowest BCUT2D eigenvalue weighted by molar-refractivity contribution is -0.134. The molecular weight excluding hydrogens is 528 g/mol. The topological polar surface area (TPSA) is 85.7 Å². The first-order valence-corrected chi connectivity index (χ1v) is 14.2. The fraction of sp³-hybridized carbons (Fsp3) is 0.452. The van der Waals surface area contributed by atoms with Gasteiger partial charge in [0.1, 0.15) is 12.9 Å². The van der Waals surface area contributed by atoms with E-state index in [1.165, 1.54) is 28.5 Å². The lowest BCUT2D eigenvalue weighted by Gasteiger charge is -2.29. The van der Waals surface area contributed by atoms with Gasteiger partial charge in [-0.15, -0.1) is 4.73 Å². The van der Waals surface area contributed by atoms with Gasteiger partial charge in [0.05, 0.1) is 23.8 Å². The van der Waals surface area contributed by atoms with Crippen LogP contribution in [0.2, 0.25) is 5.02 Å². The van der Waals surface area contributed by atoms with Crippen LogP contribution in [-0.4, -0.2) is 40.8 Å². The molecule has 1 aliphatic carbocycles. The number of hydrogen-bond acceptors (Lipinski definition) is 6. The maximum atomic E-state index is 13.5. The molecule has 1 atom stereocenters. The van der Waals surface area contributed by atoms with Gasteiger partial charge in [-0.2, -0.15) is 0 Å². The highest BCUT2D eigenvalue weighted by molar-refractivity contribution is 6.30. The number of carbonyl (C=O) groups excluding carboxylic acids is 1. The van der Waals surface area contributed by atoms with E-state index >= 15 is 0 Å². The molecule has 1 aliphatic heterocycles. The summed E-state index contributed by atoms with van der Waals surface area (Å²) in [7, 11) is 1.45. The number of nitrogens with one attached hydrogen (secondary N) is 1. The summed E-state index contributed by atoms with van der Waals surface area (Å²) < 4.78 is 7.26. The summed E-state index contributed by atoms with van der Waals surface area (Å²) in [6, 6.07) is 7.73. The largest absolute Gasteiger partial charge is 0.483 e. The van der Waals surface area contributed by atoms with E-state index in [-0.39, 0.29) is 30.7 Å². The second-order valence-electron chi connectivity index (χ2n) is 11.0. The van der Waals surface area contributed by atoms with Gasteiger partial charge in [-0.3, -0.25) is 9.59 Å². The van der Waals surface area contributed by atoms with E-state index in [1.807, 2.05) is 38.1 Å². The Kier molecular flexibility index (Phi) is 7.82. The number of fused-ring (bicyclic) bond motifs is 1. The maximum Gasteiger partial charge on any atom is 0.293 e. The molecule has 0 bridgehead atoms. The number of rotatable bonds is 8. The second-order valence-corrected chi connectivity index (χ2v) is 11.4. The summed E-state index contributed by atoms with van der Waals surface area (Å²) in [6.45, 7) is 10.9. The number of aromatic nitrogens is 2.